The van der Waals surface area contributed by atoms with E-state index in [1.165, 1.54) is 0 Å². The van der Waals surface area contributed by atoms with Gasteiger partial charge in [0.15, 0.2) is 0 Å². The Kier molecular flexibility index (Phi) is 6.24. The first kappa shape index (κ1) is 14.7. The summed E-state index contributed by atoms with van der Waals surface area (Å²) in [5.41, 5.74) is -9.61. The molecule has 0 aromatic carbocycles. The summed E-state index contributed by atoms with van der Waals surface area (Å²) in [4.78, 5) is 0. The average molecular weight is 234 g/mol. The van der Waals surface area contributed by atoms with Crippen LogP contribution < -0.4 is 0 Å². The highest BCUT2D eigenvalue weighted by molar-refractivity contribution is 8.08. The van der Waals surface area contributed by atoms with Crippen LogP contribution in [0.1, 0.15) is 7.43 Å². The molecule has 0 heterocycles. The number of alkyl halides is 6. The molecule has 0 unspecified atom stereocenters. The van der Waals surface area contributed by atoms with Crippen molar-refractivity contribution < 1.29 is 30.0 Å². The summed E-state index contributed by atoms with van der Waals surface area (Å²) in [5, 5.41) is 0. The SMILES string of the molecule is C.FC(F)(F)SOSC(F)(F)F. The zero-order chi connectivity index (χ0) is 9.12. The lowest BCUT2D eigenvalue weighted by molar-refractivity contribution is -0.0416. The predicted octanol–water partition coefficient (Wildman–Crippen LogP) is 3.98. The van der Waals surface area contributed by atoms with Gasteiger partial charge in [0.2, 0.25) is 0 Å². The Morgan fingerprint density at radius 1 is 0.750 bits per heavy atom. The molecule has 0 atom stereocenters. The number of hydrogen-bond acceptors (Lipinski definition) is 3. The molecule has 1 nitrogen and oxygen atoms in total. The summed E-state index contributed by atoms with van der Waals surface area (Å²) in [6, 6.07) is 0. The van der Waals surface area contributed by atoms with Gasteiger partial charge in [0, 0.05) is 0 Å². The second kappa shape index (κ2) is 5.07. The minimum absolute atomic E-state index is 0. The molecule has 12 heavy (non-hydrogen) atoms. The van der Waals surface area contributed by atoms with Gasteiger partial charge in [0.1, 0.15) is 24.1 Å². The monoisotopic (exact) mass is 234 g/mol. The average Bonchev–Trinajstić information content (AvgIpc) is 1.55. The van der Waals surface area contributed by atoms with Crippen LogP contribution in [0.25, 0.3) is 0 Å². The van der Waals surface area contributed by atoms with Crippen molar-refractivity contribution in [3.05, 3.63) is 0 Å². The number of halogens is 6. The van der Waals surface area contributed by atoms with Gasteiger partial charge in [-0.25, -0.2) is 3.63 Å². The summed E-state index contributed by atoms with van der Waals surface area (Å²) >= 11 is -2.39. The zero-order valence-corrected chi connectivity index (χ0v) is 6.13. The van der Waals surface area contributed by atoms with Gasteiger partial charge in [-0.2, -0.15) is 26.3 Å². The van der Waals surface area contributed by atoms with Crippen LogP contribution in [0.4, 0.5) is 26.3 Å². The lowest BCUT2D eigenvalue weighted by atomic mass is 11.6. The molecule has 0 spiro atoms. The lowest BCUT2D eigenvalue weighted by Gasteiger charge is -2.05. The largest absolute Gasteiger partial charge is 0.469 e. The van der Waals surface area contributed by atoms with E-state index < -0.39 is 35.1 Å². The zero-order valence-electron chi connectivity index (χ0n) is 4.49. The Morgan fingerprint density at radius 2 is 1.00 bits per heavy atom. The molecular weight excluding hydrogens is 230 g/mol. The van der Waals surface area contributed by atoms with Gasteiger partial charge in [-0.3, -0.25) is 0 Å². The minimum Gasteiger partial charge on any atom is -0.229 e. The van der Waals surface area contributed by atoms with Crippen LogP contribution in [-0.4, -0.2) is 11.0 Å². The molecule has 0 aromatic rings. The van der Waals surface area contributed by atoms with E-state index in [4.69, 9.17) is 0 Å². The highest BCUT2D eigenvalue weighted by Gasteiger charge is 2.36. The van der Waals surface area contributed by atoms with Crippen LogP contribution in [0, 0.1) is 0 Å². The van der Waals surface area contributed by atoms with E-state index in [9.17, 15) is 26.3 Å². The Hall–Kier alpha value is 0.240. The first-order valence-corrected chi connectivity index (χ1v) is 3.36. The van der Waals surface area contributed by atoms with Gasteiger partial charge in [-0.05, 0) is 0 Å². The van der Waals surface area contributed by atoms with E-state index in [1.807, 2.05) is 0 Å². The summed E-state index contributed by atoms with van der Waals surface area (Å²) in [5.74, 6) is 0. The van der Waals surface area contributed by atoms with Crippen molar-refractivity contribution in [3.8, 4) is 0 Å². The molecule has 0 fully saturated rings. The fraction of sp³-hybridized carbons (Fsp3) is 1.00. The van der Waals surface area contributed by atoms with E-state index in [0.29, 0.717) is 0 Å². The van der Waals surface area contributed by atoms with Crippen molar-refractivity contribution in [2.75, 3.05) is 0 Å². The van der Waals surface area contributed by atoms with Crippen molar-refractivity contribution in [1.82, 2.24) is 0 Å². The standard InChI is InChI=1S/C2F6OS2.CH4/c3-1(4,5)10-9-11-2(6,7)8;/h;1H4. The van der Waals surface area contributed by atoms with Crippen LogP contribution in [0.15, 0.2) is 0 Å². The number of hydrogen-bond donors (Lipinski definition) is 0. The number of rotatable bonds is 2. The Morgan fingerprint density at radius 3 is 1.17 bits per heavy atom. The third kappa shape index (κ3) is 12.9. The molecule has 0 rings (SSSR count). The van der Waals surface area contributed by atoms with Gasteiger partial charge < -0.3 is 0 Å². The minimum atomic E-state index is -4.81. The molecule has 0 amide bonds. The first-order chi connectivity index (χ1) is 4.71. The fourth-order valence-electron chi connectivity index (χ4n) is 0.0942. The molecule has 0 aliphatic carbocycles. The third-order valence-electron chi connectivity index (χ3n) is 0.257. The molecular formula is C3H4F6OS2. The maximum Gasteiger partial charge on any atom is 0.469 e. The van der Waals surface area contributed by atoms with E-state index in [-0.39, 0.29) is 7.43 Å². The van der Waals surface area contributed by atoms with Crippen molar-refractivity contribution in [3.63, 3.8) is 0 Å². The fourth-order valence-corrected chi connectivity index (χ4v) is 0.847. The predicted molar refractivity (Wildman–Crippen MR) is 35.1 cm³/mol. The van der Waals surface area contributed by atoms with E-state index in [0.717, 1.165) is 0 Å². The molecule has 0 aliphatic heterocycles. The topological polar surface area (TPSA) is 9.23 Å². The van der Waals surface area contributed by atoms with Crippen molar-refractivity contribution in [2.24, 2.45) is 0 Å². The van der Waals surface area contributed by atoms with E-state index >= 15 is 0 Å². The Labute approximate surface area is 73.2 Å². The summed E-state index contributed by atoms with van der Waals surface area (Å²) in [7, 11) is 0. The molecule has 0 bridgehead atoms. The summed E-state index contributed by atoms with van der Waals surface area (Å²) < 4.78 is 69.7. The molecule has 0 N–H and O–H groups in total. The van der Waals surface area contributed by atoms with Gasteiger partial charge in [-0.1, -0.05) is 7.43 Å². The molecule has 0 saturated carbocycles. The van der Waals surface area contributed by atoms with Crippen molar-refractivity contribution in [2.45, 2.75) is 18.4 Å². The molecule has 0 radical (unpaired) electrons. The van der Waals surface area contributed by atoms with Crippen LogP contribution in [0.5, 0.6) is 0 Å². The third-order valence-corrected chi connectivity index (χ3v) is 1.18. The van der Waals surface area contributed by atoms with Crippen molar-refractivity contribution >= 4 is 24.1 Å². The van der Waals surface area contributed by atoms with Gasteiger partial charge in [0.25, 0.3) is 0 Å². The highest BCUT2D eigenvalue weighted by Crippen LogP contribution is 2.40. The van der Waals surface area contributed by atoms with Crippen molar-refractivity contribution in [1.29, 1.82) is 0 Å². The lowest BCUT2D eigenvalue weighted by Crippen LogP contribution is -2.03. The van der Waals surface area contributed by atoms with Crippen LogP contribution in [-0.2, 0) is 3.63 Å². The second-order valence-corrected chi connectivity index (χ2v) is 2.93. The maximum absolute atomic E-state index is 11.1. The summed E-state index contributed by atoms with van der Waals surface area (Å²) in [6.45, 7) is 0. The first-order valence-electron chi connectivity index (χ1n) is 1.88. The van der Waals surface area contributed by atoms with Gasteiger partial charge >= 0.3 is 11.0 Å². The molecule has 0 aliphatic rings. The molecule has 0 saturated heterocycles. The van der Waals surface area contributed by atoms with E-state index in [1.54, 1.807) is 0 Å². The quantitative estimate of drug-likeness (QED) is 0.528. The smallest absolute Gasteiger partial charge is 0.229 e. The normalized spacial score (nSPS) is 12.5. The maximum atomic E-state index is 11.1. The van der Waals surface area contributed by atoms with Crippen LogP contribution >= 0.6 is 24.1 Å². The molecule has 76 valence electrons. The van der Waals surface area contributed by atoms with Crippen LogP contribution in [0.3, 0.4) is 0 Å². The van der Waals surface area contributed by atoms with Gasteiger partial charge in [-0.15, -0.1) is 0 Å². The Balaban J connectivity index is 0. The van der Waals surface area contributed by atoms with Gasteiger partial charge in [0.05, 0.1) is 0 Å². The summed E-state index contributed by atoms with van der Waals surface area (Å²) in [6.07, 6.45) is 0. The van der Waals surface area contributed by atoms with E-state index in [2.05, 4.69) is 3.63 Å². The van der Waals surface area contributed by atoms with Crippen LogP contribution in [0.2, 0.25) is 0 Å². The molecule has 9 heteroatoms. The molecule has 0 aromatic heterocycles. The highest BCUT2D eigenvalue weighted by atomic mass is 32.2. The Bertz CT molecular complexity index is 105. The second-order valence-electron chi connectivity index (χ2n) is 1.13.